The first-order valence-corrected chi connectivity index (χ1v) is 6.36. The SMILES string of the molecule is c1ccc([Se]c2ccsc2)cc1. The van der Waals surface area contributed by atoms with E-state index in [1.165, 1.54) is 8.92 Å². The summed E-state index contributed by atoms with van der Waals surface area (Å²) in [6, 6.07) is 12.9. The zero-order valence-corrected chi connectivity index (χ0v) is 8.96. The van der Waals surface area contributed by atoms with Crippen LogP contribution in [0.2, 0.25) is 0 Å². The van der Waals surface area contributed by atoms with Gasteiger partial charge in [-0.15, -0.1) is 0 Å². The van der Waals surface area contributed by atoms with E-state index >= 15 is 0 Å². The molecule has 1 aromatic heterocycles. The van der Waals surface area contributed by atoms with Gasteiger partial charge < -0.3 is 0 Å². The van der Waals surface area contributed by atoms with E-state index in [1.807, 2.05) is 0 Å². The Balaban J connectivity index is 2.15. The third-order valence-corrected chi connectivity index (χ3v) is 4.59. The molecule has 12 heavy (non-hydrogen) atoms. The molecule has 0 saturated carbocycles. The van der Waals surface area contributed by atoms with Gasteiger partial charge in [0, 0.05) is 0 Å². The predicted molar refractivity (Wildman–Crippen MR) is 55.8 cm³/mol. The van der Waals surface area contributed by atoms with Crippen LogP contribution in [0.25, 0.3) is 0 Å². The van der Waals surface area contributed by atoms with E-state index in [-0.39, 0.29) is 0 Å². The van der Waals surface area contributed by atoms with Gasteiger partial charge in [-0.1, -0.05) is 0 Å². The summed E-state index contributed by atoms with van der Waals surface area (Å²) in [5, 5.41) is 4.37. The van der Waals surface area contributed by atoms with Crippen molar-refractivity contribution in [1.29, 1.82) is 0 Å². The van der Waals surface area contributed by atoms with Crippen LogP contribution in [0.5, 0.6) is 0 Å². The molecule has 0 N–H and O–H groups in total. The summed E-state index contributed by atoms with van der Waals surface area (Å²) in [7, 11) is 0. The molecule has 0 unspecified atom stereocenters. The molecule has 2 aromatic rings. The van der Waals surface area contributed by atoms with Gasteiger partial charge in [0.05, 0.1) is 0 Å². The van der Waals surface area contributed by atoms with Gasteiger partial charge in [0.15, 0.2) is 0 Å². The summed E-state index contributed by atoms with van der Waals surface area (Å²) in [6.07, 6.45) is 0. The van der Waals surface area contributed by atoms with Crippen LogP contribution in [0, 0.1) is 0 Å². The molecular formula is C10H8SSe. The van der Waals surface area contributed by atoms with Crippen molar-refractivity contribution in [2.75, 3.05) is 0 Å². The molecule has 0 saturated heterocycles. The minimum atomic E-state index is 0.501. The third-order valence-electron chi connectivity index (χ3n) is 1.47. The van der Waals surface area contributed by atoms with Gasteiger partial charge >= 0.3 is 82.4 Å². The third kappa shape index (κ3) is 1.98. The Bertz CT molecular complexity index is 326. The number of benzene rings is 1. The fraction of sp³-hybridized carbons (Fsp3) is 0. The van der Waals surface area contributed by atoms with E-state index in [0.29, 0.717) is 15.0 Å². The minimum absolute atomic E-state index is 0.501. The van der Waals surface area contributed by atoms with Crippen LogP contribution < -0.4 is 8.92 Å². The Morgan fingerprint density at radius 3 is 2.42 bits per heavy atom. The standard InChI is InChI=1S/C10H8SSe/c1-2-4-9(5-3-1)12-10-6-7-11-8-10/h1-8H. The van der Waals surface area contributed by atoms with Crippen molar-refractivity contribution in [1.82, 2.24) is 0 Å². The molecule has 0 atom stereocenters. The topological polar surface area (TPSA) is 0 Å². The van der Waals surface area contributed by atoms with Crippen molar-refractivity contribution in [2.24, 2.45) is 0 Å². The van der Waals surface area contributed by atoms with Crippen molar-refractivity contribution >= 4 is 35.2 Å². The Hall–Kier alpha value is -0.561. The fourth-order valence-corrected chi connectivity index (χ4v) is 3.82. The summed E-state index contributed by atoms with van der Waals surface area (Å²) in [5.41, 5.74) is 0. The summed E-state index contributed by atoms with van der Waals surface area (Å²) >= 11 is 2.28. The average molecular weight is 239 g/mol. The van der Waals surface area contributed by atoms with Crippen LogP contribution in [0.3, 0.4) is 0 Å². The summed E-state index contributed by atoms with van der Waals surface area (Å²) in [6.45, 7) is 0. The maximum atomic E-state index is 2.23. The molecular weight excluding hydrogens is 231 g/mol. The zero-order chi connectivity index (χ0) is 8.23. The summed E-state index contributed by atoms with van der Waals surface area (Å²) in [5.74, 6) is 0. The van der Waals surface area contributed by atoms with E-state index in [4.69, 9.17) is 0 Å². The molecule has 0 radical (unpaired) electrons. The number of hydrogen-bond acceptors (Lipinski definition) is 1. The Labute approximate surface area is 82.4 Å². The van der Waals surface area contributed by atoms with Crippen LogP contribution in [0.1, 0.15) is 0 Å². The first kappa shape index (κ1) is 8.06. The molecule has 0 amide bonds. The Morgan fingerprint density at radius 2 is 1.75 bits per heavy atom. The normalized spacial score (nSPS) is 10.0. The maximum absolute atomic E-state index is 2.23. The zero-order valence-electron chi connectivity index (χ0n) is 6.44. The Morgan fingerprint density at radius 1 is 0.917 bits per heavy atom. The summed E-state index contributed by atoms with van der Waals surface area (Å²) < 4.78 is 2.92. The van der Waals surface area contributed by atoms with E-state index in [9.17, 15) is 0 Å². The molecule has 2 heteroatoms. The molecule has 0 bridgehead atoms. The van der Waals surface area contributed by atoms with Crippen LogP contribution in [-0.4, -0.2) is 15.0 Å². The second kappa shape index (κ2) is 3.90. The van der Waals surface area contributed by atoms with Crippen molar-refractivity contribution in [3.8, 4) is 0 Å². The molecule has 1 aromatic carbocycles. The van der Waals surface area contributed by atoms with E-state index in [0.717, 1.165) is 0 Å². The van der Waals surface area contributed by atoms with Crippen molar-refractivity contribution in [3.63, 3.8) is 0 Å². The molecule has 0 nitrogen and oxygen atoms in total. The summed E-state index contributed by atoms with van der Waals surface area (Å²) in [4.78, 5) is 0. The first-order chi connectivity index (χ1) is 5.95. The van der Waals surface area contributed by atoms with Crippen LogP contribution >= 0.6 is 11.3 Å². The van der Waals surface area contributed by atoms with Crippen LogP contribution in [0.15, 0.2) is 47.2 Å². The number of thiophene rings is 1. The van der Waals surface area contributed by atoms with Gasteiger partial charge in [0.2, 0.25) is 0 Å². The van der Waals surface area contributed by atoms with Crippen molar-refractivity contribution < 1.29 is 0 Å². The monoisotopic (exact) mass is 240 g/mol. The average Bonchev–Trinajstić information content (AvgIpc) is 2.59. The molecule has 0 fully saturated rings. The predicted octanol–water partition coefficient (Wildman–Crippen LogP) is 1.40. The molecule has 60 valence electrons. The van der Waals surface area contributed by atoms with Crippen molar-refractivity contribution in [3.05, 3.63) is 47.2 Å². The molecule has 0 aliphatic carbocycles. The van der Waals surface area contributed by atoms with Crippen LogP contribution in [-0.2, 0) is 0 Å². The Kier molecular flexibility index (Phi) is 2.62. The number of rotatable bonds is 2. The van der Waals surface area contributed by atoms with Gasteiger partial charge in [0.1, 0.15) is 0 Å². The van der Waals surface area contributed by atoms with Gasteiger partial charge in [-0.05, 0) is 0 Å². The molecule has 1 heterocycles. The molecule has 0 aliphatic rings. The van der Waals surface area contributed by atoms with Gasteiger partial charge in [-0.2, -0.15) is 0 Å². The fourth-order valence-electron chi connectivity index (χ4n) is 0.935. The second-order valence-electron chi connectivity index (χ2n) is 2.37. The molecule has 2 rings (SSSR count). The first-order valence-electron chi connectivity index (χ1n) is 3.70. The van der Waals surface area contributed by atoms with Gasteiger partial charge in [-0.3, -0.25) is 0 Å². The van der Waals surface area contributed by atoms with Gasteiger partial charge in [0.25, 0.3) is 0 Å². The quantitative estimate of drug-likeness (QED) is 0.695. The molecule has 0 aliphatic heterocycles. The van der Waals surface area contributed by atoms with Crippen LogP contribution in [0.4, 0.5) is 0 Å². The van der Waals surface area contributed by atoms with Crippen molar-refractivity contribution in [2.45, 2.75) is 0 Å². The van der Waals surface area contributed by atoms with E-state index < -0.39 is 0 Å². The number of hydrogen-bond donors (Lipinski definition) is 0. The van der Waals surface area contributed by atoms with E-state index in [1.54, 1.807) is 11.3 Å². The molecule has 0 spiro atoms. The van der Waals surface area contributed by atoms with Gasteiger partial charge in [-0.25, -0.2) is 0 Å². The second-order valence-corrected chi connectivity index (χ2v) is 5.56. The van der Waals surface area contributed by atoms with E-state index in [2.05, 4.69) is 47.2 Å².